The van der Waals surface area contributed by atoms with Crippen molar-refractivity contribution in [3.63, 3.8) is 0 Å². The molecule has 0 radical (unpaired) electrons. The van der Waals surface area contributed by atoms with E-state index in [4.69, 9.17) is 0 Å². The lowest BCUT2D eigenvalue weighted by Crippen LogP contribution is -2.25. The summed E-state index contributed by atoms with van der Waals surface area (Å²) < 4.78 is 13.5. The number of benzene rings is 2. The third kappa shape index (κ3) is 3.79. The molecular weight excluding hydrogens is 307 g/mol. The first-order valence-corrected chi connectivity index (χ1v) is 7.97. The molecule has 0 aromatic heterocycles. The summed E-state index contributed by atoms with van der Waals surface area (Å²) in [6.07, 6.45) is 0.850. The van der Waals surface area contributed by atoms with Gasteiger partial charge in [-0.3, -0.25) is 9.59 Å². The van der Waals surface area contributed by atoms with Crippen molar-refractivity contribution in [2.45, 2.75) is 19.9 Å². The van der Waals surface area contributed by atoms with Gasteiger partial charge in [-0.05, 0) is 36.1 Å². The van der Waals surface area contributed by atoms with E-state index in [-0.39, 0.29) is 17.4 Å². The van der Waals surface area contributed by atoms with Gasteiger partial charge in [-0.2, -0.15) is 0 Å². The fourth-order valence-electron chi connectivity index (χ4n) is 2.60. The van der Waals surface area contributed by atoms with Crippen LogP contribution in [0.1, 0.15) is 29.3 Å². The van der Waals surface area contributed by atoms with Crippen LogP contribution in [0.4, 0.5) is 10.1 Å². The van der Waals surface area contributed by atoms with E-state index in [1.807, 2.05) is 37.3 Å². The zero-order valence-electron chi connectivity index (χ0n) is 13.4. The highest BCUT2D eigenvalue weighted by molar-refractivity contribution is 6.04. The quantitative estimate of drug-likeness (QED) is 0.885. The van der Waals surface area contributed by atoms with Gasteiger partial charge >= 0.3 is 0 Å². The SMILES string of the molecule is CC1CC1C(=O)Nc1ccc(F)cc1C(=O)NCc1ccccc1. The molecule has 2 amide bonds. The highest BCUT2D eigenvalue weighted by Gasteiger charge is 2.39. The number of carbonyl (C=O) groups is 2. The Hall–Kier alpha value is -2.69. The van der Waals surface area contributed by atoms with Crippen molar-refractivity contribution in [3.05, 3.63) is 65.5 Å². The van der Waals surface area contributed by atoms with Gasteiger partial charge in [0, 0.05) is 12.5 Å². The van der Waals surface area contributed by atoms with Gasteiger partial charge in [-0.15, -0.1) is 0 Å². The van der Waals surface area contributed by atoms with Crippen LogP contribution in [0.5, 0.6) is 0 Å². The molecule has 3 rings (SSSR count). The second kappa shape index (κ2) is 6.83. The largest absolute Gasteiger partial charge is 0.348 e. The van der Waals surface area contributed by atoms with E-state index in [0.29, 0.717) is 18.2 Å². The maximum absolute atomic E-state index is 13.5. The molecule has 2 N–H and O–H groups in total. The minimum absolute atomic E-state index is 0.0183. The minimum Gasteiger partial charge on any atom is -0.348 e. The lowest BCUT2D eigenvalue weighted by Gasteiger charge is -2.12. The van der Waals surface area contributed by atoms with Crippen LogP contribution in [0.3, 0.4) is 0 Å². The Balaban J connectivity index is 1.72. The summed E-state index contributed by atoms with van der Waals surface area (Å²) in [5.74, 6) is -0.711. The molecule has 2 unspecified atom stereocenters. The van der Waals surface area contributed by atoms with Crippen molar-refractivity contribution in [1.29, 1.82) is 0 Å². The summed E-state index contributed by atoms with van der Waals surface area (Å²) >= 11 is 0. The molecule has 2 aromatic carbocycles. The van der Waals surface area contributed by atoms with Crippen LogP contribution in [-0.4, -0.2) is 11.8 Å². The summed E-state index contributed by atoms with van der Waals surface area (Å²) in [4.78, 5) is 24.5. The third-order valence-electron chi connectivity index (χ3n) is 4.23. The molecule has 4 nitrogen and oxygen atoms in total. The number of hydrogen-bond donors (Lipinski definition) is 2. The van der Waals surface area contributed by atoms with Crippen LogP contribution in [-0.2, 0) is 11.3 Å². The van der Waals surface area contributed by atoms with Crippen LogP contribution in [0.25, 0.3) is 0 Å². The zero-order chi connectivity index (χ0) is 17.1. The number of anilines is 1. The van der Waals surface area contributed by atoms with Crippen molar-refractivity contribution >= 4 is 17.5 Å². The fourth-order valence-corrected chi connectivity index (χ4v) is 2.60. The number of halogens is 1. The van der Waals surface area contributed by atoms with Crippen molar-refractivity contribution in [2.24, 2.45) is 11.8 Å². The number of amides is 2. The molecule has 1 saturated carbocycles. The van der Waals surface area contributed by atoms with E-state index in [9.17, 15) is 14.0 Å². The average Bonchev–Trinajstić information content (AvgIpc) is 3.32. The van der Waals surface area contributed by atoms with Crippen molar-refractivity contribution in [2.75, 3.05) is 5.32 Å². The molecule has 124 valence electrons. The number of hydrogen-bond acceptors (Lipinski definition) is 2. The average molecular weight is 326 g/mol. The van der Waals surface area contributed by atoms with Gasteiger partial charge in [0.1, 0.15) is 5.82 Å². The van der Waals surface area contributed by atoms with Gasteiger partial charge in [0.25, 0.3) is 5.91 Å². The van der Waals surface area contributed by atoms with Gasteiger partial charge in [-0.1, -0.05) is 37.3 Å². The molecular formula is C19H19FN2O2. The molecule has 2 aromatic rings. The van der Waals surface area contributed by atoms with Crippen LogP contribution in [0.15, 0.2) is 48.5 Å². The predicted octanol–water partition coefficient (Wildman–Crippen LogP) is 3.35. The lowest BCUT2D eigenvalue weighted by molar-refractivity contribution is -0.117. The molecule has 0 spiro atoms. The summed E-state index contributed by atoms with van der Waals surface area (Å²) in [6.45, 7) is 2.34. The van der Waals surface area contributed by atoms with Gasteiger partial charge < -0.3 is 10.6 Å². The first-order chi connectivity index (χ1) is 11.5. The second-order valence-corrected chi connectivity index (χ2v) is 6.17. The highest BCUT2D eigenvalue weighted by Crippen LogP contribution is 2.38. The van der Waals surface area contributed by atoms with E-state index in [1.165, 1.54) is 12.1 Å². The number of nitrogens with one attached hydrogen (secondary N) is 2. The zero-order valence-corrected chi connectivity index (χ0v) is 13.4. The van der Waals surface area contributed by atoms with Crippen molar-refractivity contribution in [3.8, 4) is 0 Å². The standard InChI is InChI=1S/C19H19FN2O2/c1-12-9-15(12)19(24)22-17-8-7-14(20)10-16(17)18(23)21-11-13-5-3-2-4-6-13/h2-8,10,12,15H,9,11H2,1H3,(H,21,23)(H,22,24). The van der Waals surface area contributed by atoms with Crippen LogP contribution in [0, 0.1) is 17.7 Å². The molecule has 5 heteroatoms. The second-order valence-electron chi connectivity index (χ2n) is 6.17. The molecule has 0 heterocycles. The van der Waals surface area contributed by atoms with Gasteiger partial charge in [0.15, 0.2) is 0 Å². The highest BCUT2D eigenvalue weighted by atomic mass is 19.1. The molecule has 0 bridgehead atoms. The Bertz CT molecular complexity index is 761. The first-order valence-electron chi connectivity index (χ1n) is 7.97. The monoisotopic (exact) mass is 326 g/mol. The maximum Gasteiger partial charge on any atom is 0.253 e. The fraction of sp³-hybridized carbons (Fsp3) is 0.263. The van der Waals surface area contributed by atoms with Gasteiger partial charge in [0.05, 0.1) is 11.3 Å². The summed E-state index contributed by atoms with van der Waals surface area (Å²) in [6, 6.07) is 13.2. The van der Waals surface area contributed by atoms with E-state index < -0.39 is 11.7 Å². The van der Waals surface area contributed by atoms with E-state index in [2.05, 4.69) is 10.6 Å². The molecule has 1 aliphatic carbocycles. The Morgan fingerprint density at radius 2 is 1.88 bits per heavy atom. The Labute approximate surface area is 140 Å². The van der Waals surface area contributed by atoms with Crippen LogP contribution >= 0.6 is 0 Å². The van der Waals surface area contributed by atoms with Gasteiger partial charge in [0.2, 0.25) is 5.91 Å². The number of carbonyl (C=O) groups excluding carboxylic acids is 2. The maximum atomic E-state index is 13.5. The summed E-state index contributed by atoms with van der Waals surface area (Å²) in [5.41, 5.74) is 1.42. The normalized spacial score (nSPS) is 18.8. The van der Waals surface area contributed by atoms with Crippen LogP contribution < -0.4 is 10.6 Å². The molecule has 1 fully saturated rings. The molecule has 0 saturated heterocycles. The Morgan fingerprint density at radius 3 is 2.54 bits per heavy atom. The lowest BCUT2D eigenvalue weighted by atomic mass is 10.1. The van der Waals surface area contributed by atoms with Gasteiger partial charge in [-0.25, -0.2) is 4.39 Å². The van der Waals surface area contributed by atoms with Crippen molar-refractivity contribution in [1.82, 2.24) is 5.32 Å². The Kier molecular flexibility index (Phi) is 4.60. The predicted molar refractivity (Wildman–Crippen MR) is 89.9 cm³/mol. The number of rotatable bonds is 5. The van der Waals surface area contributed by atoms with E-state index in [0.717, 1.165) is 18.1 Å². The molecule has 1 aliphatic rings. The van der Waals surface area contributed by atoms with E-state index >= 15 is 0 Å². The molecule has 24 heavy (non-hydrogen) atoms. The summed E-state index contributed by atoms with van der Waals surface area (Å²) in [5, 5.41) is 5.50. The van der Waals surface area contributed by atoms with Crippen molar-refractivity contribution < 1.29 is 14.0 Å². The minimum atomic E-state index is -0.516. The summed E-state index contributed by atoms with van der Waals surface area (Å²) in [7, 11) is 0. The Morgan fingerprint density at radius 1 is 1.17 bits per heavy atom. The molecule has 2 atom stereocenters. The third-order valence-corrected chi connectivity index (χ3v) is 4.23. The van der Waals surface area contributed by atoms with E-state index in [1.54, 1.807) is 0 Å². The topological polar surface area (TPSA) is 58.2 Å². The molecule has 0 aliphatic heterocycles. The van der Waals surface area contributed by atoms with Crippen LogP contribution in [0.2, 0.25) is 0 Å². The first kappa shape index (κ1) is 16.2. The smallest absolute Gasteiger partial charge is 0.253 e.